The summed E-state index contributed by atoms with van der Waals surface area (Å²) in [6.07, 6.45) is 4.44. The lowest BCUT2D eigenvalue weighted by Gasteiger charge is -2.17. The molecule has 3 aromatic rings. The van der Waals surface area contributed by atoms with Crippen LogP contribution in [0.4, 0.5) is 10.8 Å². The minimum absolute atomic E-state index is 0.0255. The third-order valence-electron chi connectivity index (χ3n) is 5.24. The Balaban J connectivity index is 1.28. The molecule has 1 saturated heterocycles. The number of likely N-dealkylation sites (tertiary alicyclic amines) is 1. The number of nitrogens with zero attached hydrogens (tertiary/aromatic N) is 4. The lowest BCUT2D eigenvalue weighted by atomic mass is 9.94. The zero-order chi connectivity index (χ0) is 23.6. The van der Waals surface area contributed by atoms with Crippen LogP contribution in [0.15, 0.2) is 45.3 Å². The number of benzene rings is 1. The highest BCUT2D eigenvalue weighted by Gasteiger charge is 2.28. The number of aromatic nitrogens is 2. The van der Waals surface area contributed by atoms with E-state index >= 15 is 0 Å². The number of nitro benzene ring substituents is 1. The number of anilines is 1. The van der Waals surface area contributed by atoms with E-state index in [9.17, 15) is 14.9 Å². The maximum Gasteiger partial charge on any atom is 0.269 e. The maximum atomic E-state index is 12.7. The van der Waals surface area contributed by atoms with Crippen LogP contribution in [0.25, 0.3) is 0 Å². The first-order valence-corrected chi connectivity index (χ1v) is 12.3. The molecular weight excluding hydrogens is 462 g/mol. The average molecular weight is 488 g/mol. The summed E-state index contributed by atoms with van der Waals surface area (Å²) in [6, 6.07) is 5.83. The van der Waals surface area contributed by atoms with Crippen LogP contribution in [-0.2, 0) is 11.2 Å². The second kappa shape index (κ2) is 9.52. The molecule has 1 unspecified atom stereocenters. The number of carbonyl (C=O) groups is 1. The maximum absolute atomic E-state index is 12.7. The normalized spacial score (nSPS) is 16.2. The van der Waals surface area contributed by atoms with Crippen molar-refractivity contribution in [1.82, 2.24) is 14.9 Å². The summed E-state index contributed by atoms with van der Waals surface area (Å²) >= 11 is 3.20. The molecule has 9 nitrogen and oxygen atoms in total. The number of thiazole rings is 1. The van der Waals surface area contributed by atoms with Gasteiger partial charge in [0.05, 0.1) is 27.3 Å². The molecule has 4 rings (SSSR count). The van der Waals surface area contributed by atoms with E-state index in [0.29, 0.717) is 30.3 Å². The van der Waals surface area contributed by atoms with Crippen LogP contribution in [0.5, 0.6) is 0 Å². The van der Waals surface area contributed by atoms with Gasteiger partial charge < -0.3 is 14.6 Å². The number of hydrogen-bond donors (Lipinski definition) is 1. The molecule has 2 aromatic heterocycles. The lowest BCUT2D eigenvalue weighted by Crippen LogP contribution is -2.31. The zero-order valence-corrected chi connectivity index (χ0v) is 20.2. The Morgan fingerprint density at radius 1 is 1.30 bits per heavy atom. The molecule has 1 N–H and O–H groups in total. The Morgan fingerprint density at radius 2 is 2.06 bits per heavy atom. The Labute approximate surface area is 199 Å². The fraction of sp³-hybridized carbons (Fsp3) is 0.409. The first kappa shape index (κ1) is 23.2. The number of rotatable bonds is 7. The van der Waals surface area contributed by atoms with Gasteiger partial charge in [-0.3, -0.25) is 14.9 Å². The predicted molar refractivity (Wildman–Crippen MR) is 128 cm³/mol. The summed E-state index contributed by atoms with van der Waals surface area (Å²) in [5.41, 5.74) is 0.366. The van der Waals surface area contributed by atoms with Gasteiger partial charge in [0.1, 0.15) is 5.76 Å². The van der Waals surface area contributed by atoms with Crippen LogP contribution in [-0.4, -0.2) is 44.8 Å². The van der Waals surface area contributed by atoms with Gasteiger partial charge in [-0.05, 0) is 18.6 Å². The molecule has 1 fully saturated rings. The van der Waals surface area contributed by atoms with E-state index in [1.54, 1.807) is 34.2 Å². The first-order valence-electron chi connectivity index (χ1n) is 10.5. The molecular formula is C22H25N5O4S2. The Kier molecular flexibility index (Phi) is 6.71. The summed E-state index contributed by atoms with van der Waals surface area (Å²) in [5.74, 6) is 2.09. The molecule has 0 bridgehead atoms. The molecule has 1 aliphatic heterocycles. The summed E-state index contributed by atoms with van der Waals surface area (Å²) in [4.78, 5) is 33.6. The quantitative estimate of drug-likeness (QED) is 0.283. The van der Waals surface area contributed by atoms with Crippen molar-refractivity contribution in [2.75, 3.05) is 18.4 Å². The second-order valence-corrected chi connectivity index (χ2v) is 11.1. The van der Waals surface area contributed by atoms with Crippen LogP contribution in [0.3, 0.4) is 0 Å². The third-order valence-corrected chi connectivity index (χ3v) is 7.35. The van der Waals surface area contributed by atoms with Gasteiger partial charge in [0.2, 0.25) is 5.89 Å². The number of carbonyl (C=O) groups excluding carboxylic acids is 1. The lowest BCUT2D eigenvalue weighted by molar-refractivity contribution is -0.384. The van der Waals surface area contributed by atoms with E-state index in [4.69, 9.17) is 4.42 Å². The summed E-state index contributed by atoms with van der Waals surface area (Å²) in [7, 11) is 0. The molecule has 1 atom stereocenters. The molecule has 1 aromatic carbocycles. The molecule has 33 heavy (non-hydrogen) atoms. The summed E-state index contributed by atoms with van der Waals surface area (Å²) in [6.45, 7) is 7.46. The number of nitrogens with one attached hydrogen (secondary N) is 1. The van der Waals surface area contributed by atoms with Gasteiger partial charge in [-0.25, -0.2) is 9.97 Å². The highest BCUT2D eigenvalue weighted by Crippen LogP contribution is 2.32. The number of amides is 1. The molecule has 0 spiro atoms. The smallest absolute Gasteiger partial charge is 0.269 e. The van der Waals surface area contributed by atoms with Gasteiger partial charge in [0.15, 0.2) is 5.13 Å². The number of nitro groups is 1. The molecule has 174 valence electrons. The van der Waals surface area contributed by atoms with E-state index in [0.717, 1.165) is 21.5 Å². The molecule has 11 heteroatoms. The topological polar surface area (TPSA) is 114 Å². The van der Waals surface area contributed by atoms with Crippen molar-refractivity contribution in [2.45, 2.75) is 48.6 Å². The SMILES string of the molecule is CC(C)(C)c1cnc(CSc2cnc(NC3CCN(C(=O)c4ccc([N+](=O)[O-])cc4)C3)s2)o1. The van der Waals surface area contributed by atoms with E-state index in [2.05, 4.69) is 36.1 Å². The standard InChI is InChI=1S/C22H25N5O4S2/c1-22(2,3)17-10-23-18(31-17)13-32-19-11-24-21(33-19)25-15-8-9-26(12-15)20(28)14-4-6-16(7-5-14)27(29)30/h4-7,10-11,15H,8-9,12-13H2,1-3H3,(H,24,25). The highest BCUT2D eigenvalue weighted by molar-refractivity contribution is 8.00. The van der Waals surface area contributed by atoms with E-state index < -0.39 is 4.92 Å². The minimum atomic E-state index is -0.473. The summed E-state index contributed by atoms with van der Waals surface area (Å²) < 4.78 is 6.90. The van der Waals surface area contributed by atoms with Crippen LogP contribution < -0.4 is 5.32 Å². The van der Waals surface area contributed by atoms with Gasteiger partial charge in [-0.2, -0.15) is 0 Å². The van der Waals surface area contributed by atoms with Gasteiger partial charge in [0.25, 0.3) is 11.6 Å². The van der Waals surface area contributed by atoms with Crippen molar-refractivity contribution in [3.05, 3.63) is 64.0 Å². The molecule has 0 saturated carbocycles. The highest BCUT2D eigenvalue weighted by atomic mass is 32.2. The van der Waals surface area contributed by atoms with Crippen LogP contribution >= 0.6 is 23.1 Å². The van der Waals surface area contributed by atoms with Crippen molar-refractivity contribution in [2.24, 2.45) is 0 Å². The largest absolute Gasteiger partial charge is 0.444 e. The number of non-ortho nitro benzene ring substituents is 1. The number of oxazole rings is 1. The predicted octanol–water partition coefficient (Wildman–Crippen LogP) is 4.96. The Hall–Kier alpha value is -2.92. The van der Waals surface area contributed by atoms with Crippen molar-refractivity contribution in [3.63, 3.8) is 0 Å². The van der Waals surface area contributed by atoms with Gasteiger partial charge in [-0.1, -0.05) is 32.1 Å². The van der Waals surface area contributed by atoms with Gasteiger partial charge >= 0.3 is 0 Å². The van der Waals surface area contributed by atoms with Crippen molar-refractivity contribution >= 4 is 39.8 Å². The Morgan fingerprint density at radius 3 is 2.73 bits per heavy atom. The average Bonchev–Trinajstić information content (AvgIpc) is 3.53. The fourth-order valence-electron chi connectivity index (χ4n) is 3.39. The monoisotopic (exact) mass is 487 g/mol. The summed E-state index contributed by atoms with van der Waals surface area (Å²) in [5, 5.41) is 15.0. The molecule has 1 amide bonds. The van der Waals surface area contributed by atoms with E-state index in [1.165, 1.54) is 24.3 Å². The van der Waals surface area contributed by atoms with Gasteiger partial charge in [-0.15, -0.1) is 11.8 Å². The van der Waals surface area contributed by atoms with Crippen LogP contribution in [0.1, 0.15) is 49.2 Å². The van der Waals surface area contributed by atoms with Crippen LogP contribution in [0, 0.1) is 10.1 Å². The second-order valence-electron chi connectivity index (χ2n) is 8.83. The van der Waals surface area contributed by atoms with Crippen molar-refractivity contribution < 1.29 is 14.1 Å². The minimum Gasteiger partial charge on any atom is -0.444 e. The van der Waals surface area contributed by atoms with Gasteiger partial charge in [0, 0.05) is 42.2 Å². The van der Waals surface area contributed by atoms with Crippen molar-refractivity contribution in [3.8, 4) is 0 Å². The fourth-order valence-corrected chi connectivity index (χ4v) is 5.20. The molecule has 1 aliphatic rings. The number of thioether (sulfide) groups is 1. The van der Waals surface area contributed by atoms with E-state index in [-0.39, 0.29) is 23.1 Å². The molecule has 3 heterocycles. The van der Waals surface area contributed by atoms with E-state index in [1.807, 2.05) is 6.20 Å². The molecule has 0 aliphatic carbocycles. The van der Waals surface area contributed by atoms with Crippen molar-refractivity contribution in [1.29, 1.82) is 0 Å². The zero-order valence-electron chi connectivity index (χ0n) is 18.6. The third kappa shape index (κ3) is 5.72. The first-order chi connectivity index (χ1) is 15.7. The Bertz CT molecular complexity index is 1140. The molecule has 0 radical (unpaired) electrons. The number of hydrogen-bond acceptors (Lipinski definition) is 9. The van der Waals surface area contributed by atoms with Crippen LogP contribution in [0.2, 0.25) is 0 Å².